The number of para-hydroxylation sites is 1. The maximum atomic E-state index is 12.4. The molecule has 29 heavy (non-hydrogen) atoms. The monoisotopic (exact) mass is 410 g/mol. The highest BCUT2D eigenvalue weighted by Crippen LogP contribution is 2.19. The number of fused-ring (bicyclic) bond motifs is 1. The van der Waals surface area contributed by atoms with Crippen LogP contribution in [0.25, 0.3) is 10.9 Å². The van der Waals surface area contributed by atoms with Crippen LogP contribution in [0.4, 0.5) is 13.2 Å². The van der Waals surface area contributed by atoms with Gasteiger partial charge in [-0.2, -0.15) is 13.2 Å². The number of hydrogen-bond acceptors (Lipinski definition) is 4. The fourth-order valence-corrected chi connectivity index (χ4v) is 3.36. The van der Waals surface area contributed by atoms with E-state index in [0.717, 1.165) is 0 Å². The van der Waals surface area contributed by atoms with E-state index >= 15 is 0 Å². The smallest absolute Gasteiger partial charge is 0.347 e. The third kappa shape index (κ3) is 5.33. The quantitative estimate of drug-likeness (QED) is 0.813. The van der Waals surface area contributed by atoms with E-state index in [1.165, 1.54) is 10.9 Å². The van der Waals surface area contributed by atoms with Crippen LogP contribution >= 0.6 is 0 Å². The van der Waals surface area contributed by atoms with Gasteiger partial charge < -0.3 is 10.2 Å². The summed E-state index contributed by atoms with van der Waals surface area (Å²) in [5, 5.41) is 2.37. The van der Waals surface area contributed by atoms with E-state index in [-0.39, 0.29) is 24.4 Å². The Balaban J connectivity index is 1.50. The zero-order valence-electron chi connectivity index (χ0n) is 15.6. The number of carbonyl (C=O) groups is 2. The Morgan fingerprint density at radius 3 is 2.55 bits per heavy atom. The summed E-state index contributed by atoms with van der Waals surface area (Å²) in [6, 6.07) is 6.95. The fraction of sp³-hybridized carbons (Fsp3) is 0.474. The summed E-state index contributed by atoms with van der Waals surface area (Å²) in [7, 11) is 0. The molecule has 2 heterocycles. The van der Waals surface area contributed by atoms with Gasteiger partial charge in [-0.3, -0.25) is 19.0 Å². The van der Waals surface area contributed by atoms with Crippen molar-refractivity contribution < 1.29 is 22.8 Å². The lowest BCUT2D eigenvalue weighted by molar-refractivity contribution is -0.143. The van der Waals surface area contributed by atoms with Gasteiger partial charge in [0.25, 0.3) is 5.56 Å². The van der Waals surface area contributed by atoms with Gasteiger partial charge in [-0.25, -0.2) is 4.98 Å². The largest absolute Gasteiger partial charge is 0.405 e. The van der Waals surface area contributed by atoms with Crippen molar-refractivity contribution in [2.45, 2.75) is 32.0 Å². The minimum atomic E-state index is -4.44. The third-order valence-corrected chi connectivity index (χ3v) is 4.98. The summed E-state index contributed by atoms with van der Waals surface area (Å²) in [6.45, 7) is -0.567. The first-order valence-corrected chi connectivity index (χ1v) is 9.31. The van der Waals surface area contributed by atoms with Crippen LogP contribution in [0.1, 0.15) is 19.3 Å². The topological polar surface area (TPSA) is 84.3 Å². The van der Waals surface area contributed by atoms with Gasteiger partial charge >= 0.3 is 6.18 Å². The molecule has 10 heteroatoms. The SMILES string of the molecule is O=C(NCC(F)(F)F)C1CCN(C(=O)CCn2cnc3ccccc3c2=O)CC1. The zero-order chi connectivity index (χ0) is 21.0. The molecule has 0 spiro atoms. The Morgan fingerprint density at radius 1 is 1.17 bits per heavy atom. The molecular formula is C19H21F3N4O3. The van der Waals surface area contributed by atoms with E-state index in [1.807, 2.05) is 5.32 Å². The van der Waals surface area contributed by atoms with Gasteiger partial charge in [0.2, 0.25) is 11.8 Å². The number of aromatic nitrogens is 2. The molecule has 1 aromatic carbocycles. The number of hydrogen-bond donors (Lipinski definition) is 1. The van der Waals surface area contributed by atoms with Gasteiger partial charge in [0, 0.05) is 32.0 Å². The molecule has 3 rings (SSSR count). The standard InChI is InChI=1S/C19H21F3N4O3/c20-19(21,22)11-23-17(28)13-5-8-25(9-6-13)16(27)7-10-26-12-24-15-4-2-1-3-14(15)18(26)29/h1-4,12-13H,5-11H2,(H,23,28). The number of halogens is 3. The highest BCUT2D eigenvalue weighted by Gasteiger charge is 2.31. The van der Waals surface area contributed by atoms with E-state index in [1.54, 1.807) is 29.2 Å². The molecule has 0 atom stereocenters. The number of rotatable bonds is 5. The first-order chi connectivity index (χ1) is 13.7. The second-order valence-electron chi connectivity index (χ2n) is 7.00. The predicted octanol–water partition coefficient (Wildman–Crippen LogP) is 1.70. The highest BCUT2D eigenvalue weighted by molar-refractivity contribution is 5.80. The van der Waals surface area contributed by atoms with Gasteiger partial charge in [0.15, 0.2) is 0 Å². The van der Waals surface area contributed by atoms with Gasteiger partial charge in [-0.1, -0.05) is 12.1 Å². The summed E-state index contributed by atoms with van der Waals surface area (Å²) in [5.41, 5.74) is 0.370. The third-order valence-electron chi connectivity index (χ3n) is 4.98. The van der Waals surface area contributed by atoms with Gasteiger partial charge in [0.05, 0.1) is 17.2 Å². The fourth-order valence-electron chi connectivity index (χ4n) is 3.36. The normalized spacial score (nSPS) is 15.5. The second-order valence-corrected chi connectivity index (χ2v) is 7.00. The van der Waals surface area contributed by atoms with Crippen LogP contribution in [0.3, 0.4) is 0 Å². The maximum absolute atomic E-state index is 12.4. The Hall–Kier alpha value is -2.91. The number of piperidine rings is 1. The Kier molecular flexibility index (Phi) is 6.19. The van der Waals surface area contributed by atoms with Crippen molar-refractivity contribution in [3.05, 3.63) is 40.9 Å². The van der Waals surface area contributed by atoms with Crippen LogP contribution in [-0.4, -0.2) is 52.1 Å². The molecule has 1 aliphatic rings. The average molecular weight is 410 g/mol. The van der Waals surface area contributed by atoms with Crippen molar-refractivity contribution in [3.8, 4) is 0 Å². The number of amides is 2. The molecule has 0 bridgehead atoms. The molecule has 0 unspecified atom stereocenters. The molecule has 1 fully saturated rings. The lowest BCUT2D eigenvalue weighted by Crippen LogP contribution is -2.44. The lowest BCUT2D eigenvalue weighted by atomic mass is 9.95. The number of likely N-dealkylation sites (tertiary alicyclic amines) is 1. The lowest BCUT2D eigenvalue weighted by Gasteiger charge is -2.31. The zero-order valence-corrected chi connectivity index (χ0v) is 15.6. The van der Waals surface area contributed by atoms with Crippen molar-refractivity contribution in [2.75, 3.05) is 19.6 Å². The first kappa shape index (κ1) is 20.8. The van der Waals surface area contributed by atoms with Crippen LogP contribution < -0.4 is 10.9 Å². The Morgan fingerprint density at radius 2 is 1.86 bits per heavy atom. The molecule has 7 nitrogen and oxygen atoms in total. The molecule has 156 valence electrons. The number of nitrogens with one attached hydrogen (secondary N) is 1. The summed E-state index contributed by atoms with van der Waals surface area (Å²) in [5.74, 6) is -1.34. The Bertz CT molecular complexity index is 950. The summed E-state index contributed by atoms with van der Waals surface area (Å²) in [4.78, 5) is 42.5. The second kappa shape index (κ2) is 8.62. The summed E-state index contributed by atoms with van der Waals surface area (Å²) < 4.78 is 38.0. The van der Waals surface area contributed by atoms with E-state index in [2.05, 4.69) is 4.98 Å². The molecule has 0 radical (unpaired) electrons. The molecule has 1 N–H and O–H groups in total. The Labute approximate surface area is 164 Å². The molecule has 1 aromatic heterocycles. The van der Waals surface area contributed by atoms with E-state index in [4.69, 9.17) is 0 Å². The van der Waals surface area contributed by atoms with Crippen molar-refractivity contribution in [1.82, 2.24) is 19.8 Å². The predicted molar refractivity (Wildman–Crippen MR) is 99.0 cm³/mol. The van der Waals surface area contributed by atoms with Crippen LogP contribution in [-0.2, 0) is 16.1 Å². The molecular weight excluding hydrogens is 389 g/mol. The number of carbonyl (C=O) groups excluding carboxylic acids is 2. The first-order valence-electron chi connectivity index (χ1n) is 9.31. The molecule has 0 saturated carbocycles. The number of nitrogens with zero attached hydrogens (tertiary/aromatic N) is 3. The van der Waals surface area contributed by atoms with Gasteiger partial charge in [-0.05, 0) is 25.0 Å². The van der Waals surface area contributed by atoms with Crippen LogP contribution in [0.5, 0.6) is 0 Å². The molecule has 1 aliphatic heterocycles. The minimum Gasteiger partial charge on any atom is -0.347 e. The van der Waals surface area contributed by atoms with E-state index in [0.29, 0.717) is 36.8 Å². The van der Waals surface area contributed by atoms with Gasteiger partial charge in [-0.15, -0.1) is 0 Å². The van der Waals surface area contributed by atoms with Crippen LogP contribution in [0, 0.1) is 5.92 Å². The van der Waals surface area contributed by atoms with Crippen molar-refractivity contribution >= 4 is 22.7 Å². The van der Waals surface area contributed by atoms with E-state index in [9.17, 15) is 27.6 Å². The maximum Gasteiger partial charge on any atom is 0.405 e. The van der Waals surface area contributed by atoms with Crippen LogP contribution in [0.2, 0.25) is 0 Å². The van der Waals surface area contributed by atoms with Crippen molar-refractivity contribution in [1.29, 1.82) is 0 Å². The van der Waals surface area contributed by atoms with E-state index < -0.39 is 24.5 Å². The van der Waals surface area contributed by atoms with Gasteiger partial charge in [0.1, 0.15) is 6.54 Å². The number of alkyl halides is 3. The van der Waals surface area contributed by atoms with Crippen LogP contribution in [0.15, 0.2) is 35.4 Å². The highest BCUT2D eigenvalue weighted by atomic mass is 19.4. The molecule has 1 saturated heterocycles. The number of aryl methyl sites for hydroxylation is 1. The molecule has 2 amide bonds. The summed E-state index contributed by atoms with van der Waals surface area (Å²) >= 11 is 0. The minimum absolute atomic E-state index is 0.102. The molecule has 0 aliphatic carbocycles. The molecule has 2 aromatic rings. The number of benzene rings is 1. The van der Waals surface area contributed by atoms with Crippen molar-refractivity contribution in [2.24, 2.45) is 5.92 Å². The average Bonchev–Trinajstić information content (AvgIpc) is 2.71. The summed E-state index contributed by atoms with van der Waals surface area (Å²) in [6.07, 6.45) is -2.30. The van der Waals surface area contributed by atoms with Crippen molar-refractivity contribution in [3.63, 3.8) is 0 Å².